The number of nitrogens with zero attached hydrogens (tertiary/aromatic N) is 1. The summed E-state index contributed by atoms with van der Waals surface area (Å²) in [6, 6.07) is 6.28. The van der Waals surface area contributed by atoms with Crippen LogP contribution in [0.2, 0.25) is 0 Å². The number of halogens is 2. The van der Waals surface area contributed by atoms with Crippen LogP contribution in [0.1, 0.15) is 36.0 Å². The molecule has 0 bridgehead atoms. The Morgan fingerprint density at radius 2 is 2.06 bits per heavy atom. The molecule has 2 rings (SSSR count). The molecule has 17 heavy (non-hydrogen) atoms. The Bertz CT molecular complexity index is 429. The molecule has 0 atom stereocenters. The van der Waals surface area contributed by atoms with Gasteiger partial charge in [-0.1, -0.05) is 28.8 Å². The van der Waals surface area contributed by atoms with Gasteiger partial charge in [0.25, 0.3) is 5.91 Å². The lowest BCUT2D eigenvalue weighted by molar-refractivity contribution is 0.0734. The highest BCUT2D eigenvalue weighted by molar-refractivity contribution is 14.1. The Morgan fingerprint density at radius 1 is 1.41 bits per heavy atom. The van der Waals surface area contributed by atoms with E-state index in [9.17, 15) is 4.79 Å². The highest BCUT2D eigenvalue weighted by atomic mass is 127. The summed E-state index contributed by atoms with van der Waals surface area (Å²) in [5.74, 6) is 0.141. The molecule has 2 nitrogen and oxygen atoms in total. The van der Waals surface area contributed by atoms with Crippen molar-refractivity contribution in [1.82, 2.24) is 4.90 Å². The number of amides is 1. The monoisotopic (exact) mass is 407 g/mol. The lowest BCUT2D eigenvalue weighted by atomic mass is 10.1. The number of hydrogen-bond donors (Lipinski definition) is 0. The number of hydrogen-bond acceptors (Lipinski definition) is 1. The Morgan fingerprint density at radius 3 is 2.71 bits per heavy atom. The zero-order valence-corrected chi connectivity index (χ0v) is 13.5. The molecular formula is C13H15BrINO. The zero-order chi connectivity index (χ0) is 12.4. The molecule has 1 amide bonds. The molecule has 1 saturated carbocycles. The SMILES string of the molecule is CN(C(=O)c1cc(Br)ccc1I)C1CCCC1. The van der Waals surface area contributed by atoms with Gasteiger partial charge >= 0.3 is 0 Å². The molecule has 1 aromatic rings. The number of rotatable bonds is 2. The van der Waals surface area contributed by atoms with E-state index in [2.05, 4.69) is 38.5 Å². The van der Waals surface area contributed by atoms with Crippen LogP contribution >= 0.6 is 38.5 Å². The lowest BCUT2D eigenvalue weighted by Crippen LogP contribution is -2.35. The summed E-state index contributed by atoms with van der Waals surface area (Å²) in [6.45, 7) is 0. The van der Waals surface area contributed by atoms with Gasteiger partial charge in [0.15, 0.2) is 0 Å². The first kappa shape index (κ1) is 13.3. The van der Waals surface area contributed by atoms with Gasteiger partial charge in [0.2, 0.25) is 0 Å². The average Bonchev–Trinajstić information content (AvgIpc) is 2.84. The summed E-state index contributed by atoms with van der Waals surface area (Å²) in [5.41, 5.74) is 0.800. The maximum absolute atomic E-state index is 12.4. The first-order valence-corrected chi connectivity index (χ1v) is 7.69. The van der Waals surface area contributed by atoms with Crippen molar-refractivity contribution in [3.8, 4) is 0 Å². The Labute approximate surface area is 124 Å². The standard InChI is InChI=1S/C13H15BrINO/c1-16(10-4-2-3-5-10)13(17)11-8-9(14)6-7-12(11)15/h6-8,10H,2-5H2,1H3. The van der Waals surface area contributed by atoms with Crippen molar-refractivity contribution in [1.29, 1.82) is 0 Å². The predicted molar refractivity (Wildman–Crippen MR) is 81.2 cm³/mol. The smallest absolute Gasteiger partial charge is 0.254 e. The van der Waals surface area contributed by atoms with Crippen LogP contribution in [0.4, 0.5) is 0 Å². The molecule has 0 heterocycles. The van der Waals surface area contributed by atoms with E-state index in [1.165, 1.54) is 12.8 Å². The molecule has 0 saturated heterocycles. The van der Waals surface area contributed by atoms with Crippen molar-refractivity contribution in [2.75, 3.05) is 7.05 Å². The minimum atomic E-state index is 0.141. The van der Waals surface area contributed by atoms with E-state index >= 15 is 0 Å². The molecule has 0 unspecified atom stereocenters. The van der Waals surface area contributed by atoms with Crippen LogP contribution < -0.4 is 0 Å². The summed E-state index contributed by atoms with van der Waals surface area (Å²) in [6.07, 6.45) is 4.79. The molecule has 0 aliphatic heterocycles. The van der Waals surface area contributed by atoms with Gasteiger partial charge in [-0.25, -0.2) is 0 Å². The molecule has 0 radical (unpaired) electrons. The Balaban J connectivity index is 2.20. The van der Waals surface area contributed by atoms with E-state index in [0.717, 1.165) is 26.4 Å². The van der Waals surface area contributed by atoms with Gasteiger partial charge in [-0.15, -0.1) is 0 Å². The number of benzene rings is 1. The minimum absolute atomic E-state index is 0.141. The average molecular weight is 408 g/mol. The van der Waals surface area contributed by atoms with E-state index in [-0.39, 0.29) is 5.91 Å². The van der Waals surface area contributed by atoms with Crippen LogP contribution in [0.3, 0.4) is 0 Å². The van der Waals surface area contributed by atoms with E-state index in [0.29, 0.717) is 6.04 Å². The Hall–Kier alpha value is -0.100. The Kier molecular flexibility index (Phi) is 4.47. The fraction of sp³-hybridized carbons (Fsp3) is 0.462. The van der Waals surface area contributed by atoms with Gasteiger partial charge in [0.1, 0.15) is 0 Å². The quantitative estimate of drug-likeness (QED) is 0.676. The van der Waals surface area contributed by atoms with Gasteiger partial charge in [-0.3, -0.25) is 4.79 Å². The van der Waals surface area contributed by atoms with Crippen molar-refractivity contribution in [3.63, 3.8) is 0 Å². The maximum Gasteiger partial charge on any atom is 0.254 e. The zero-order valence-electron chi connectivity index (χ0n) is 9.75. The third kappa shape index (κ3) is 3.02. The van der Waals surface area contributed by atoms with Crippen molar-refractivity contribution < 1.29 is 4.79 Å². The molecule has 0 spiro atoms. The summed E-state index contributed by atoms with van der Waals surface area (Å²) in [5, 5.41) is 0. The second-order valence-electron chi connectivity index (χ2n) is 4.48. The second kappa shape index (κ2) is 5.69. The van der Waals surface area contributed by atoms with Gasteiger partial charge in [-0.05, 0) is 53.6 Å². The fourth-order valence-electron chi connectivity index (χ4n) is 2.31. The van der Waals surface area contributed by atoms with Gasteiger partial charge < -0.3 is 4.90 Å². The topological polar surface area (TPSA) is 20.3 Å². The fourth-order valence-corrected chi connectivity index (χ4v) is 3.24. The highest BCUT2D eigenvalue weighted by Crippen LogP contribution is 2.26. The van der Waals surface area contributed by atoms with Crippen LogP contribution in [0, 0.1) is 3.57 Å². The molecule has 0 aromatic heterocycles. The molecule has 1 aromatic carbocycles. The van der Waals surface area contributed by atoms with Crippen LogP contribution in [0.15, 0.2) is 22.7 Å². The largest absolute Gasteiger partial charge is 0.339 e. The first-order valence-electron chi connectivity index (χ1n) is 5.82. The third-order valence-electron chi connectivity index (χ3n) is 3.35. The molecule has 0 N–H and O–H groups in total. The first-order chi connectivity index (χ1) is 8.09. The second-order valence-corrected chi connectivity index (χ2v) is 6.56. The van der Waals surface area contributed by atoms with Crippen molar-refractivity contribution in [2.24, 2.45) is 0 Å². The minimum Gasteiger partial charge on any atom is -0.339 e. The van der Waals surface area contributed by atoms with Gasteiger partial charge in [0.05, 0.1) is 5.56 Å². The number of carbonyl (C=O) groups is 1. The molecule has 1 aliphatic rings. The lowest BCUT2D eigenvalue weighted by Gasteiger charge is -2.24. The van der Waals surface area contributed by atoms with Crippen LogP contribution in [0.5, 0.6) is 0 Å². The third-order valence-corrected chi connectivity index (χ3v) is 4.79. The summed E-state index contributed by atoms with van der Waals surface area (Å²) < 4.78 is 1.97. The van der Waals surface area contributed by atoms with Crippen LogP contribution in [-0.2, 0) is 0 Å². The van der Waals surface area contributed by atoms with E-state index in [1.807, 2.05) is 30.1 Å². The molecule has 92 valence electrons. The predicted octanol–water partition coefficient (Wildman–Crippen LogP) is 4.07. The maximum atomic E-state index is 12.4. The molecule has 1 fully saturated rings. The van der Waals surface area contributed by atoms with E-state index < -0.39 is 0 Å². The normalized spacial score (nSPS) is 16.2. The highest BCUT2D eigenvalue weighted by Gasteiger charge is 2.25. The van der Waals surface area contributed by atoms with E-state index in [1.54, 1.807) is 0 Å². The van der Waals surface area contributed by atoms with Gasteiger partial charge in [0, 0.05) is 21.1 Å². The van der Waals surface area contributed by atoms with Crippen LogP contribution in [-0.4, -0.2) is 23.9 Å². The molecule has 4 heteroatoms. The summed E-state index contributed by atoms with van der Waals surface area (Å²) in [4.78, 5) is 14.3. The van der Waals surface area contributed by atoms with Crippen molar-refractivity contribution in [3.05, 3.63) is 31.8 Å². The summed E-state index contributed by atoms with van der Waals surface area (Å²) in [7, 11) is 1.93. The van der Waals surface area contributed by atoms with Crippen LogP contribution in [0.25, 0.3) is 0 Å². The number of carbonyl (C=O) groups excluding carboxylic acids is 1. The molecular weight excluding hydrogens is 393 g/mol. The van der Waals surface area contributed by atoms with E-state index in [4.69, 9.17) is 0 Å². The van der Waals surface area contributed by atoms with Crippen molar-refractivity contribution in [2.45, 2.75) is 31.7 Å². The van der Waals surface area contributed by atoms with Crippen molar-refractivity contribution >= 4 is 44.4 Å². The summed E-state index contributed by atoms with van der Waals surface area (Å²) >= 11 is 5.64. The van der Waals surface area contributed by atoms with Gasteiger partial charge in [-0.2, -0.15) is 0 Å². The molecule has 1 aliphatic carbocycles.